The zero-order valence-electron chi connectivity index (χ0n) is 11.1. The first-order valence-corrected chi connectivity index (χ1v) is 6.00. The second-order valence-corrected chi connectivity index (χ2v) is 5.13. The van der Waals surface area contributed by atoms with E-state index < -0.39 is 11.5 Å². The number of hydrogen-bond acceptors (Lipinski definition) is 4. The summed E-state index contributed by atoms with van der Waals surface area (Å²) in [7, 11) is 1.32. The van der Waals surface area contributed by atoms with Gasteiger partial charge in [0.25, 0.3) is 0 Å². The number of carbonyl (C=O) groups excluding carboxylic acids is 2. The maximum atomic E-state index is 12.3. The first-order valence-electron chi connectivity index (χ1n) is 6.00. The van der Waals surface area contributed by atoms with E-state index in [-0.39, 0.29) is 11.3 Å². The molecule has 0 radical (unpaired) electrons. The molecule has 0 aromatic heterocycles. The minimum Gasteiger partial charge on any atom is -0.467 e. The molecule has 1 unspecified atom stereocenters. The summed E-state index contributed by atoms with van der Waals surface area (Å²) in [5.74, 6) is -0.497. The van der Waals surface area contributed by atoms with Gasteiger partial charge in [-0.2, -0.15) is 0 Å². The van der Waals surface area contributed by atoms with Crippen LogP contribution in [0.15, 0.2) is 0 Å². The van der Waals surface area contributed by atoms with Gasteiger partial charge in [0.2, 0.25) is 5.91 Å². The summed E-state index contributed by atoms with van der Waals surface area (Å²) in [4.78, 5) is 23.8. The van der Waals surface area contributed by atoms with Gasteiger partial charge in [-0.1, -0.05) is 6.92 Å². The van der Waals surface area contributed by atoms with Gasteiger partial charge in [0.1, 0.15) is 5.54 Å². The fraction of sp³-hybridized carbons (Fsp3) is 0.833. The molecule has 2 N–H and O–H groups in total. The van der Waals surface area contributed by atoms with Crippen molar-refractivity contribution in [1.29, 1.82) is 0 Å². The summed E-state index contributed by atoms with van der Waals surface area (Å²) in [5.41, 5.74) is -1.36. The normalized spacial score (nSPS) is 24.5. The van der Waals surface area contributed by atoms with Crippen LogP contribution in [0.2, 0.25) is 0 Å². The third-order valence-corrected chi connectivity index (χ3v) is 3.52. The van der Waals surface area contributed by atoms with E-state index in [1.165, 1.54) is 7.11 Å². The molecule has 0 aromatic carbocycles. The molecule has 1 saturated heterocycles. The summed E-state index contributed by atoms with van der Waals surface area (Å²) in [5, 5.41) is 5.98. The number of nitrogens with one attached hydrogen (secondary N) is 2. The summed E-state index contributed by atoms with van der Waals surface area (Å²) in [6, 6.07) is 0. The van der Waals surface area contributed by atoms with Crippen LogP contribution >= 0.6 is 0 Å². The Labute approximate surface area is 102 Å². The Balaban J connectivity index is 2.74. The van der Waals surface area contributed by atoms with Crippen LogP contribution in [-0.4, -0.2) is 37.6 Å². The molecule has 5 nitrogen and oxygen atoms in total. The molecule has 1 atom stereocenters. The van der Waals surface area contributed by atoms with E-state index in [2.05, 4.69) is 15.4 Å². The maximum Gasteiger partial charge on any atom is 0.330 e. The van der Waals surface area contributed by atoms with Gasteiger partial charge in [0.15, 0.2) is 0 Å². The van der Waals surface area contributed by atoms with Crippen LogP contribution in [0.25, 0.3) is 0 Å². The molecule has 1 aliphatic heterocycles. The van der Waals surface area contributed by atoms with E-state index in [1.54, 1.807) is 13.8 Å². The quantitative estimate of drug-likeness (QED) is 0.702. The highest BCUT2D eigenvalue weighted by molar-refractivity contribution is 5.90. The maximum absolute atomic E-state index is 12.3. The van der Waals surface area contributed by atoms with Gasteiger partial charge in [-0.3, -0.25) is 4.79 Å². The van der Waals surface area contributed by atoms with Gasteiger partial charge in [0.05, 0.1) is 12.5 Å². The first-order chi connectivity index (χ1) is 7.88. The molecular formula is C12H22N2O3. The monoisotopic (exact) mass is 242 g/mol. The average molecular weight is 242 g/mol. The minimum absolute atomic E-state index is 0.0691. The van der Waals surface area contributed by atoms with Crippen molar-refractivity contribution < 1.29 is 14.3 Å². The predicted octanol–water partition coefficient (Wildman–Crippen LogP) is 0.444. The molecule has 17 heavy (non-hydrogen) atoms. The Morgan fingerprint density at radius 2 is 2.12 bits per heavy atom. The van der Waals surface area contributed by atoms with Crippen LogP contribution in [0.1, 0.15) is 33.6 Å². The van der Waals surface area contributed by atoms with Crippen LogP contribution in [0.5, 0.6) is 0 Å². The van der Waals surface area contributed by atoms with Crippen molar-refractivity contribution in [2.24, 2.45) is 5.41 Å². The molecule has 0 aliphatic carbocycles. The molecule has 0 aromatic rings. The lowest BCUT2D eigenvalue weighted by Gasteiger charge is -2.31. The van der Waals surface area contributed by atoms with Crippen molar-refractivity contribution in [3.63, 3.8) is 0 Å². The van der Waals surface area contributed by atoms with Gasteiger partial charge in [-0.05, 0) is 33.2 Å². The van der Waals surface area contributed by atoms with E-state index in [9.17, 15) is 9.59 Å². The molecule has 1 aliphatic rings. The predicted molar refractivity (Wildman–Crippen MR) is 64.4 cm³/mol. The van der Waals surface area contributed by atoms with Crippen molar-refractivity contribution in [3.05, 3.63) is 0 Å². The van der Waals surface area contributed by atoms with Crippen molar-refractivity contribution in [1.82, 2.24) is 10.6 Å². The number of esters is 1. The molecule has 1 heterocycles. The Hall–Kier alpha value is -1.10. The Kier molecular flexibility index (Phi) is 4.14. The molecule has 1 fully saturated rings. The molecular weight excluding hydrogens is 220 g/mol. The third kappa shape index (κ3) is 2.77. The smallest absolute Gasteiger partial charge is 0.330 e. The van der Waals surface area contributed by atoms with Crippen LogP contribution in [-0.2, 0) is 14.3 Å². The second kappa shape index (κ2) is 5.04. The highest BCUT2D eigenvalue weighted by Crippen LogP contribution is 2.30. The molecule has 5 heteroatoms. The number of ether oxygens (including phenoxy) is 1. The Bertz CT molecular complexity index is 307. The fourth-order valence-corrected chi connectivity index (χ4v) is 2.12. The molecule has 0 saturated carbocycles. The summed E-state index contributed by atoms with van der Waals surface area (Å²) in [6.07, 6.45) is 1.58. The molecule has 0 bridgehead atoms. The van der Waals surface area contributed by atoms with Crippen LogP contribution in [0.4, 0.5) is 0 Å². The summed E-state index contributed by atoms with van der Waals surface area (Å²) in [6.45, 7) is 6.83. The zero-order chi connectivity index (χ0) is 13.1. The van der Waals surface area contributed by atoms with Gasteiger partial charge in [0, 0.05) is 6.54 Å². The van der Waals surface area contributed by atoms with Crippen molar-refractivity contribution in [2.45, 2.75) is 39.2 Å². The van der Waals surface area contributed by atoms with E-state index in [0.29, 0.717) is 6.54 Å². The van der Waals surface area contributed by atoms with E-state index in [0.717, 1.165) is 19.4 Å². The largest absolute Gasteiger partial charge is 0.467 e. The van der Waals surface area contributed by atoms with Gasteiger partial charge >= 0.3 is 5.97 Å². The lowest BCUT2D eigenvalue weighted by atomic mass is 9.82. The van der Waals surface area contributed by atoms with Gasteiger partial charge < -0.3 is 15.4 Å². The lowest BCUT2D eigenvalue weighted by Crippen LogP contribution is -2.55. The minimum atomic E-state index is -0.976. The summed E-state index contributed by atoms with van der Waals surface area (Å²) >= 11 is 0. The topological polar surface area (TPSA) is 67.4 Å². The van der Waals surface area contributed by atoms with Crippen molar-refractivity contribution in [3.8, 4) is 0 Å². The number of hydrogen-bond donors (Lipinski definition) is 2. The highest BCUT2D eigenvalue weighted by Gasteiger charge is 2.43. The molecule has 0 spiro atoms. The number of rotatable bonds is 4. The lowest BCUT2D eigenvalue weighted by molar-refractivity contribution is -0.150. The van der Waals surface area contributed by atoms with Crippen LogP contribution in [0, 0.1) is 5.41 Å². The van der Waals surface area contributed by atoms with E-state index in [1.807, 2.05) is 6.92 Å². The molecule has 98 valence electrons. The van der Waals surface area contributed by atoms with Crippen molar-refractivity contribution in [2.75, 3.05) is 20.2 Å². The molecule has 1 rings (SSSR count). The van der Waals surface area contributed by atoms with Crippen LogP contribution in [0.3, 0.4) is 0 Å². The Morgan fingerprint density at radius 3 is 2.53 bits per heavy atom. The standard InChI is InChI=1S/C12H22N2O3/c1-5-12(6-7-13-8-12)9(15)14-11(2,3)10(16)17-4/h13H,5-8H2,1-4H3,(H,14,15). The number of methoxy groups -OCH3 is 1. The van der Waals surface area contributed by atoms with Gasteiger partial charge in [-0.15, -0.1) is 0 Å². The Morgan fingerprint density at radius 1 is 1.47 bits per heavy atom. The average Bonchev–Trinajstić information content (AvgIpc) is 2.77. The second-order valence-electron chi connectivity index (χ2n) is 5.13. The van der Waals surface area contributed by atoms with Crippen molar-refractivity contribution >= 4 is 11.9 Å². The first kappa shape index (κ1) is 14.0. The summed E-state index contributed by atoms with van der Waals surface area (Å²) < 4.78 is 4.68. The zero-order valence-corrected chi connectivity index (χ0v) is 11.1. The van der Waals surface area contributed by atoms with E-state index in [4.69, 9.17) is 0 Å². The SMILES string of the molecule is CCC1(C(=O)NC(C)(C)C(=O)OC)CCNC1. The van der Waals surface area contributed by atoms with E-state index >= 15 is 0 Å². The number of amides is 1. The highest BCUT2D eigenvalue weighted by atomic mass is 16.5. The van der Waals surface area contributed by atoms with Gasteiger partial charge in [-0.25, -0.2) is 4.79 Å². The fourth-order valence-electron chi connectivity index (χ4n) is 2.12. The molecule has 1 amide bonds. The number of carbonyl (C=O) groups is 2. The van der Waals surface area contributed by atoms with Crippen LogP contribution < -0.4 is 10.6 Å². The third-order valence-electron chi connectivity index (χ3n) is 3.52.